The summed E-state index contributed by atoms with van der Waals surface area (Å²) in [5, 5.41) is -4.44. The number of alkyl halides is 2. The van der Waals surface area contributed by atoms with E-state index in [1.807, 2.05) is 0 Å². The molecule has 0 fully saturated rings. The molecule has 0 aliphatic heterocycles. The van der Waals surface area contributed by atoms with Crippen LogP contribution >= 0.6 is 0 Å². The maximum atomic E-state index is 11.6. The molecule has 7 heteroatoms. The van der Waals surface area contributed by atoms with Gasteiger partial charge in [-0.3, -0.25) is 0 Å². The second-order valence-corrected chi connectivity index (χ2v) is 2.75. The van der Waals surface area contributed by atoms with Crippen molar-refractivity contribution in [1.82, 2.24) is 0 Å². The van der Waals surface area contributed by atoms with Crippen LogP contribution in [-0.4, -0.2) is 20.2 Å². The summed E-state index contributed by atoms with van der Waals surface area (Å²) in [4.78, 5) is 0. The zero-order valence-corrected chi connectivity index (χ0v) is 4.96. The van der Waals surface area contributed by atoms with Gasteiger partial charge in [-0.1, -0.05) is 3.89 Å². The molecular weight excluding hydrogens is 159 g/mol. The van der Waals surface area contributed by atoms with Gasteiger partial charge >= 0.3 is 15.5 Å². The number of hydrogen-bond donors (Lipinski definition) is 1. The summed E-state index contributed by atoms with van der Waals surface area (Å²) in [6.07, 6.45) is 0. The Morgan fingerprint density at radius 1 is 1.44 bits per heavy atom. The summed E-state index contributed by atoms with van der Waals surface area (Å²) < 4.78 is 53.2. The van der Waals surface area contributed by atoms with E-state index in [1.165, 1.54) is 0 Å². The Morgan fingerprint density at radius 3 is 1.78 bits per heavy atom. The van der Waals surface area contributed by atoms with Gasteiger partial charge in [0.1, 0.15) is 0 Å². The van der Waals surface area contributed by atoms with Crippen LogP contribution in [0.4, 0.5) is 12.7 Å². The monoisotopic (exact) mass is 163 g/mol. The van der Waals surface area contributed by atoms with E-state index in [1.54, 1.807) is 0 Å². The number of nitrogens with two attached hydrogens (primary N) is 1. The second kappa shape index (κ2) is 2.14. The van der Waals surface area contributed by atoms with Gasteiger partial charge in [0.2, 0.25) is 0 Å². The van der Waals surface area contributed by atoms with Gasteiger partial charge in [0.15, 0.2) is 0 Å². The molecular formula is C2H4F3NO2S. The maximum Gasteiger partial charge on any atom is 0.386 e. The lowest BCUT2D eigenvalue weighted by molar-refractivity contribution is 0.0955. The van der Waals surface area contributed by atoms with Gasteiger partial charge in [-0.25, -0.2) is 0 Å². The highest BCUT2D eigenvalue weighted by atomic mass is 32.3. The minimum Gasteiger partial charge on any atom is -0.324 e. The Kier molecular flexibility index (Phi) is 2.07. The van der Waals surface area contributed by atoms with Crippen LogP contribution in [0.15, 0.2) is 0 Å². The van der Waals surface area contributed by atoms with E-state index in [0.29, 0.717) is 0 Å². The van der Waals surface area contributed by atoms with Gasteiger partial charge in [0.25, 0.3) is 0 Å². The van der Waals surface area contributed by atoms with Crippen molar-refractivity contribution in [2.24, 2.45) is 5.73 Å². The Bertz CT molecular complexity index is 186. The molecule has 0 spiro atoms. The highest BCUT2D eigenvalue weighted by molar-refractivity contribution is 7.87. The van der Waals surface area contributed by atoms with Crippen LogP contribution < -0.4 is 5.73 Å². The summed E-state index contributed by atoms with van der Waals surface area (Å²) in [6.45, 7) is -1.54. The Labute approximate surface area is 49.9 Å². The summed E-state index contributed by atoms with van der Waals surface area (Å²) in [6, 6.07) is 0. The van der Waals surface area contributed by atoms with Crippen molar-refractivity contribution >= 4 is 10.2 Å². The molecule has 0 aromatic carbocycles. The largest absolute Gasteiger partial charge is 0.386 e. The van der Waals surface area contributed by atoms with Crippen molar-refractivity contribution in [3.8, 4) is 0 Å². The lowest BCUT2D eigenvalue weighted by Gasteiger charge is -2.05. The van der Waals surface area contributed by atoms with Crippen LogP contribution in [0.5, 0.6) is 0 Å². The van der Waals surface area contributed by atoms with Crippen LogP contribution in [0, 0.1) is 0 Å². The molecule has 0 bridgehead atoms. The smallest absolute Gasteiger partial charge is 0.324 e. The van der Waals surface area contributed by atoms with Crippen LogP contribution in [-0.2, 0) is 10.2 Å². The highest BCUT2D eigenvalue weighted by Gasteiger charge is 2.43. The molecule has 0 saturated carbocycles. The van der Waals surface area contributed by atoms with Gasteiger partial charge in [-0.15, -0.1) is 0 Å². The fraction of sp³-hybridized carbons (Fsp3) is 1.00. The highest BCUT2D eigenvalue weighted by Crippen LogP contribution is 2.20. The normalized spacial score (nSPS) is 13.8. The van der Waals surface area contributed by atoms with E-state index >= 15 is 0 Å². The zero-order valence-electron chi connectivity index (χ0n) is 4.14. The molecule has 0 saturated heterocycles. The molecule has 2 N–H and O–H groups in total. The molecule has 0 unspecified atom stereocenters. The molecule has 0 amide bonds. The average Bonchev–Trinajstić information content (AvgIpc) is 1.64. The maximum absolute atomic E-state index is 11.6. The predicted molar refractivity (Wildman–Crippen MR) is 24.0 cm³/mol. The standard InChI is InChI=1S/C2H4F3NO2S/c3-2(4,1-6)9(5,7)8/h1,6H2. The third kappa shape index (κ3) is 1.83. The first-order valence-electron chi connectivity index (χ1n) is 1.83. The van der Waals surface area contributed by atoms with E-state index < -0.39 is 22.0 Å². The fourth-order valence-corrected chi connectivity index (χ4v) is 0.299. The number of rotatable bonds is 2. The van der Waals surface area contributed by atoms with Crippen LogP contribution in [0.1, 0.15) is 0 Å². The summed E-state index contributed by atoms with van der Waals surface area (Å²) in [5.41, 5.74) is 4.22. The van der Waals surface area contributed by atoms with Crippen molar-refractivity contribution in [2.45, 2.75) is 5.25 Å². The van der Waals surface area contributed by atoms with E-state index in [-0.39, 0.29) is 0 Å². The topological polar surface area (TPSA) is 60.2 Å². The molecule has 0 aromatic heterocycles. The molecule has 0 aromatic rings. The Hall–Kier alpha value is -0.300. The van der Waals surface area contributed by atoms with Crippen LogP contribution in [0.25, 0.3) is 0 Å². The molecule has 0 aliphatic rings. The van der Waals surface area contributed by atoms with E-state index in [4.69, 9.17) is 0 Å². The zero-order chi connectivity index (χ0) is 7.71. The summed E-state index contributed by atoms with van der Waals surface area (Å²) >= 11 is 0. The van der Waals surface area contributed by atoms with Gasteiger partial charge in [-0.05, 0) is 0 Å². The number of halogens is 3. The van der Waals surface area contributed by atoms with E-state index in [0.717, 1.165) is 0 Å². The minimum absolute atomic E-state index is 1.54. The molecule has 0 aliphatic carbocycles. The van der Waals surface area contributed by atoms with E-state index in [2.05, 4.69) is 5.73 Å². The summed E-state index contributed by atoms with van der Waals surface area (Å²) in [5.74, 6) is 0. The van der Waals surface area contributed by atoms with Crippen molar-refractivity contribution in [1.29, 1.82) is 0 Å². The van der Waals surface area contributed by atoms with Gasteiger partial charge in [0.05, 0.1) is 6.54 Å². The fourth-order valence-electron chi connectivity index (χ4n) is 0.0995. The molecule has 3 nitrogen and oxygen atoms in total. The van der Waals surface area contributed by atoms with Gasteiger partial charge in [-0.2, -0.15) is 17.2 Å². The first-order chi connectivity index (χ1) is 3.81. The van der Waals surface area contributed by atoms with Crippen molar-refractivity contribution in [3.05, 3.63) is 0 Å². The van der Waals surface area contributed by atoms with Crippen molar-refractivity contribution in [3.63, 3.8) is 0 Å². The van der Waals surface area contributed by atoms with Crippen LogP contribution in [0.2, 0.25) is 0 Å². The molecule has 0 radical (unpaired) electrons. The number of hydrogen-bond acceptors (Lipinski definition) is 3. The van der Waals surface area contributed by atoms with Gasteiger partial charge < -0.3 is 5.73 Å². The molecule has 9 heavy (non-hydrogen) atoms. The van der Waals surface area contributed by atoms with Gasteiger partial charge in [0, 0.05) is 0 Å². The summed E-state index contributed by atoms with van der Waals surface area (Å²) in [7, 11) is -5.81. The molecule has 0 atom stereocenters. The third-order valence-corrected chi connectivity index (χ3v) is 1.47. The quantitative estimate of drug-likeness (QED) is 0.575. The average molecular weight is 163 g/mol. The lowest BCUT2D eigenvalue weighted by Crippen LogP contribution is -2.34. The van der Waals surface area contributed by atoms with E-state index in [9.17, 15) is 21.1 Å². The first kappa shape index (κ1) is 8.70. The molecule has 0 rings (SSSR count). The minimum atomic E-state index is -5.81. The van der Waals surface area contributed by atoms with Crippen LogP contribution in [0.3, 0.4) is 0 Å². The van der Waals surface area contributed by atoms with Crippen molar-refractivity contribution < 1.29 is 21.1 Å². The predicted octanol–water partition coefficient (Wildman–Crippen LogP) is -0.163. The Morgan fingerprint density at radius 2 is 1.78 bits per heavy atom. The molecule has 56 valence electrons. The SMILES string of the molecule is NCC(F)(F)S(=O)(=O)F. The third-order valence-electron chi connectivity index (χ3n) is 0.594. The first-order valence-corrected chi connectivity index (χ1v) is 3.22. The molecule has 0 heterocycles. The lowest BCUT2D eigenvalue weighted by atomic mass is 10.7. The second-order valence-electron chi connectivity index (χ2n) is 1.28. The Balaban J connectivity index is 4.56. The van der Waals surface area contributed by atoms with Crippen molar-refractivity contribution in [2.75, 3.05) is 6.54 Å².